The van der Waals surface area contributed by atoms with Crippen molar-refractivity contribution in [1.29, 1.82) is 0 Å². The fourth-order valence-electron chi connectivity index (χ4n) is 2.98. The van der Waals surface area contributed by atoms with Gasteiger partial charge >= 0.3 is 0 Å². The van der Waals surface area contributed by atoms with Gasteiger partial charge in [-0.25, -0.2) is 0 Å². The molecule has 0 radical (unpaired) electrons. The van der Waals surface area contributed by atoms with Crippen molar-refractivity contribution >= 4 is 14.1 Å². The summed E-state index contributed by atoms with van der Waals surface area (Å²) in [7, 11) is -0.242. The number of ether oxygens (including phenoxy) is 2. The molecule has 0 aliphatic heterocycles. The highest BCUT2D eigenvalue weighted by Crippen LogP contribution is 2.36. The van der Waals surface area contributed by atoms with Crippen molar-refractivity contribution in [3.63, 3.8) is 0 Å². The van der Waals surface area contributed by atoms with Crippen LogP contribution in [0.4, 0.5) is 0 Å². The Morgan fingerprint density at radius 1 is 1.23 bits per heavy atom. The highest BCUT2D eigenvalue weighted by Gasteiger charge is 2.37. The molecule has 0 heterocycles. The summed E-state index contributed by atoms with van der Waals surface area (Å²) in [6.45, 7) is 13.5. The maximum atomic E-state index is 11.9. The molecule has 3 atom stereocenters. The first kappa shape index (κ1) is 27.4. The fourth-order valence-corrected chi connectivity index (χ4v) is 4.04. The smallest absolute Gasteiger partial charge is 0.191 e. The Morgan fingerprint density at radius 3 is 2.32 bits per heavy atom. The molecule has 1 N–H and O–H groups in total. The third kappa shape index (κ3) is 9.16. The van der Waals surface area contributed by atoms with Crippen LogP contribution in [0.15, 0.2) is 24.3 Å². The van der Waals surface area contributed by atoms with E-state index in [0.717, 1.165) is 11.3 Å². The second kappa shape index (κ2) is 12.4. The molecule has 0 bridgehead atoms. The van der Waals surface area contributed by atoms with Gasteiger partial charge in [0, 0.05) is 19.4 Å². The van der Waals surface area contributed by atoms with E-state index < -0.39 is 20.3 Å². The number of carbonyl (C=O) groups is 1. The highest BCUT2D eigenvalue weighted by atomic mass is 28.4. The minimum atomic E-state index is -1.87. The number of hydrogen-bond donors (Lipinski definition) is 1. The second-order valence-corrected chi connectivity index (χ2v) is 14.4. The first-order valence-electron chi connectivity index (χ1n) is 10.9. The molecule has 1 aromatic rings. The molecular formula is C25H40O5Si. The van der Waals surface area contributed by atoms with Crippen molar-refractivity contribution in [3.8, 4) is 18.1 Å². The zero-order chi connectivity index (χ0) is 23.7. The van der Waals surface area contributed by atoms with Gasteiger partial charge < -0.3 is 19.0 Å². The molecule has 1 unspecified atom stereocenters. The van der Waals surface area contributed by atoms with Crippen LogP contribution >= 0.6 is 0 Å². The number of methoxy groups -OCH3 is 1. The van der Waals surface area contributed by atoms with E-state index in [0.29, 0.717) is 26.1 Å². The SMILES string of the molecule is C#CC[C@@H](C(C)=O)C(O)C[C@@H](CCO[Si](C)(C)C(C)(C)C)OCc1ccc(OC)cc1. The van der Waals surface area contributed by atoms with E-state index in [9.17, 15) is 9.90 Å². The molecule has 0 saturated heterocycles. The molecule has 0 amide bonds. The van der Waals surface area contributed by atoms with Gasteiger partial charge in [-0.1, -0.05) is 32.9 Å². The van der Waals surface area contributed by atoms with Crippen LogP contribution in [0.5, 0.6) is 5.75 Å². The van der Waals surface area contributed by atoms with Gasteiger partial charge in [0.1, 0.15) is 11.5 Å². The van der Waals surface area contributed by atoms with Crippen LogP contribution in [0.3, 0.4) is 0 Å². The Morgan fingerprint density at radius 2 is 1.84 bits per heavy atom. The van der Waals surface area contributed by atoms with Gasteiger partial charge in [0.2, 0.25) is 0 Å². The number of terminal acetylenes is 1. The van der Waals surface area contributed by atoms with Gasteiger partial charge in [-0.2, -0.15) is 0 Å². The topological polar surface area (TPSA) is 65.0 Å². The van der Waals surface area contributed by atoms with E-state index in [1.165, 1.54) is 6.92 Å². The number of aliphatic hydroxyl groups is 1. The minimum Gasteiger partial charge on any atom is -0.497 e. The van der Waals surface area contributed by atoms with Crippen LogP contribution in [0, 0.1) is 18.3 Å². The summed E-state index contributed by atoms with van der Waals surface area (Å²) in [4.78, 5) is 11.9. The Labute approximate surface area is 189 Å². The number of benzene rings is 1. The van der Waals surface area contributed by atoms with Crippen LogP contribution in [-0.2, 0) is 20.6 Å². The van der Waals surface area contributed by atoms with Crippen LogP contribution in [0.25, 0.3) is 0 Å². The zero-order valence-corrected chi connectivity index (χ0v) is 21.2. The van der Waals surface area contributed by atoms with Gasteiger partial charge in [0.05, 0.1) is 31.8 Å². The van der Waals surface area contributed by atoms with Gasteiger partial charge in [-0.15, -0.1) is 12.3 Å². The number of aliphatic hydroxyl groups excluding tert-OH is 1. The van der Waals surface area contributed by atoms with Gasteiger partial charge in [-0.05, 0) is 49.2 Å². The molecule has 5 nitrogen and oxygen atoms in total. The lowest BCUT2D eigenvalue weighted by atomic mass is 9.90. The molecule has 0 aliphatic rings. The lowest BCUT2D eigenvalue weighted by Crippen LogP contribution is -2.41. The fraction of sp³-hybridized carbons (Fsp3) is 0.640. The van der Waals surface area contributed by atoms with Crippen molar-refractivity contribution in [1.82, 2.24) is 0 Å². The summed E-state index contributed by atoms with van der Waals surface area (Å²) >= 11 is 0. The Hall–Kier alpha value is -1.65. The quantitative estimate of drug-likeness (QED) is 0.341. The maximum Gasteiger partial charge on any atom is 0.191 e. The third-order valence-electron chi connectivity index (χ3n) is 6.18. The van der Waals surface area contributed by atoms with E-state index in [1.807, 2.05) is 24.3 Å². The summed E-state index contributed by atoms with van der Waals surface area (Å²) in [5.74, 6) is 2.62. The van der Waals surface area contributed by atoms with E-state index in [2.05, 4.69) is 39.8 Å². The number of Topliss-reactive ketones (excluding diaryl/α,β-unsaturated/α-hetero) is 1. The predicted molar refractivity (Wildman–Crippen MR) is 128 cm³/mol. The molecule has 6 heteroatoms. The van der Waals surface area contributed by atoms with Crippen molar-refractivity contribution in [2.45, 2.75) is 83.9 Å². The highest BCUT2D eigenvalue weighted by molar-refractivity contribution is 6.74. The average molecular weight is 449 g/mol. The second-order valence-electron chi connectivity index (χ2n) is 9.61. The number of hydrogen-bond acceptors (Lipinski definition) is 5. The molecule has 174 valence electrons. The van der Waals surface area contributed by atoms with E-state index >= 15 is 0 Å². The molecule has 31 heavy (non-hydrogen) atoms. The monoisotopic (exact) mass is 448 g/mol. The number of carbonyl (C=O) groups excluding carboxylic acids is 1. The molecule has 0 saturated carbocycles. The lowest BCUT2D eigenvalue weighted by molar-refractivity contribution is -0.125. The van der Waals surface area contributed by atoms with E-state index in [4.69, 9.17) is 20.3 Å². The van der Waals surface area contributed by atoms with Crippen molar-refractivity contribution in [3.05, 3.63) is 29.8 Å². The van der Waals surface area contributed by atoms with Crippen molar-refractivity contribution in [2.24, 2.45) is 5.92 Å². The molecule has 1 aromatic carbocycles. The van der Waals surface area contributed by atoms with Gasteiger partial charge in [0.25, 0.3) is 0 Å². The summed E-state index contributed by atoms with van der Waals surface area (Å²) < 4.78 is 17.7. The Kier molecular flexibility index (Phi) is 11.0. The molecule has 0 fully saturated rings. The van der Waals surface area contributed by atoms with E-state index in [-0.39, 0.29) is 23.3 Å². The zero-order valence-electron chi connectivity index (χ0n) is 20.2. The van der Waals surface area contributed by atoms with Gasteiger partial charge in [-0.3, -0.25) is 4.79 Å². The van der Waals surface area contributed by atoms with Crippen LogP contribution in [-0.4, -0.2) is 45.1 Å². The van der Waals surface area contributed by atoms with Gasteiger partial charge in [0.15, 0.2) is 8.32 Å². The largest absolute Gasteiger partial charge is 0.497 e. The lowest BCUT2D eigenvalue weighted by Gasteiger charge is -2.36. The minimum absolute atomic E-state index is 0.100. The standard InChI is InChI=1S/C25H40O5Si/c1-9-10-23(19(2)26)24(27)17-22(15-16-30-31(7,8)25(3,4)5)29-18-20-11-13-21(28-6)14-12-20/h1,11-14,22-24,27H,10,15-18H2,2-8H3/t22-,23+,24?/m1/s1. The summed E-state index contributed by atoms with van der Waals surface area (Å²) in [6.07, 6.45) is 5.50. The molecule has 0 aliphatic carbocycles. The normalized spacial score (nSPS) is 15.1. The summed E-state index contributed by atoms with van der Waals surface area (Å²) in [5, 5.41) is 10.8. The maximum absolute atomic E-state index is 11.9. The third-order valence-corrected chi connectivity index (χ3v) is 10.7. The summed E-state index contributed by atoms with van der Waals surface area (Å²) in [6, 6.07) is 7.69. The number of rotatable bonds is 13. The van der Waals surface area contributed by atoms with Crippen LogP contribution < -0.4 is 4.74 Å². The molecule has 0 spiro atoms. The Bertz CT molecular complexity index is 715. The first-order valence-corrected chi connectivity index (χ1v) is 13.8. The first-order chi connectivity index (χ1) is 14.4. The van der Waals surface area contributed by atoms with Crippen LogP contribution in [0.1, 0.15) is 52.5 Å². The van der Waals surface area contributed by atoms with E-state index in [1.54, 1.807) is 7.11 Å². The number of ketones is 1. The van der Waals surface area contributed by atoms with Crippen LogP contribution in [0.2, 0.25) is 18.1 Å². The summed E-state index contributed by atoms with van der Waals surface area (Å²) in [5.41, 5.74) is 1.01. The Balaban J connectivity index is 2.82. The average Bonchev–Trinajstić information content (AvgIpc) is 2.69. The predicted octanol–water partition coefficient (Wildman–Crippen LogP) is 4.97. The molecular weight excluding hydrogens is 408 g/mol. The molecule has 0 aromatic heterocycles. The van der Waals surface area contributed by atoms with Crippen molar-refractivity contribution in [2.75, 3.05) is 13.7 Å². The molecule has 1 rings (SSSR count). The van der Waals surface area contributed by atoms with Crippen molar-refractivity contribution < 1.29 is 23.8 Å².